The molecule has 2 heterocycles. The van der Waals surface area contributed by atoms with Crippen molar-refractivity contribution < 1.29 is 20.4 Å². The first-order valence-corrected chi connectivity index (χ1v) is 14.5. The highest BCUT2D eigenvalue weighted by Crippen LogP contribution is 2.47. The molecule has 4 aromatic carbocycles. The van der Waals surface area contributed by atoms with E-state index in [1.165, 1.54) is 21.5 Å². The van der Waals surface area contributed by atoms with Gasteiger partial charge in [-0.3, -0.25) is 0 Å². The van der Waals surface area contributed by atoms with E-state index in [4.69, 9.17) is 0 Å². The molecule has 0 aliphatic heterocycles. The normalized spacial score (nSPS) is 31.1. The van der Waals surface area contributed by atoms with Crippen molar-refractivity contribution in [1.29, 1.82) is 0 Å². The van der Waals surface area contributed by atoms with Gasteiger partial charge in [-0.1, -0.05) is 72.8 Å². The summed E-state index contributed by atoms with van der Waals surface area (Å²) in [6, 6.07) is 25.0. The predicted molar refractivity (Wildman–Crippen MR) is 163 cm³/mol. The fourth-order valence-corrected chi connectivity index (χ4v) is 7.94. The van der Waals surface area contributed by atoms with Gasteiger partial charge in [-0.2, -0.15) is 0 Å². The van der Waals surface area contributed by atoms with E-state index < -0.39 is 48.1 Å². The molecule has 0 bridgehead atoms. The Morgan fingerprint density at radius 1 is 0.561 bits per heavy atom. The number of benzene rings is 4. The molecule has 6 heteroatoms. The van der Waals surface area contributed by atoms with Crippen molar-refractivity contribution in [3.63, 3.8) is 0 Å². The van der Waals surface area contributed by atoms with Gasteiger partial charge in [0, 0.05) is 81.0 Å². The van der Waals surface area contributed by atoms with Crippen LogP contribution in [0.4, 0.5) is 0 Å². The molecular weight excluding hydrogens is 512 g/mol. The molecule has 0 spiro atoms. The number of aliphatic hydroxyl groups excluding tert-OH is 4. The fraction of sp³-hybridized carbons (Fsp3) is 0.314. The van der Waals surface area contributed by atoms with Gasteiger partial charge in [0.15, 0.2) is 0 Å². The van der Waals surface area contributed by atoms with Gasteiger partial charge < -0.3 is 29.6 Å². The first-order valence-electron chi connectivity index (χ1n) is 14.5. The maximum Gasteiger partial charge on any atom is 0.0681 e. The summed E-state index contributed by atoms with van der Waals surface area (Å²) < 4.78 is 4.25. The van der Waals surface area contributed by atoms with E-state index in [-0.39, 0.29) is 0 Å². The lowest BCUT2D eigenvalue weighted by molar-refractivity contribution is -0.177. The third-order valence-corrected chi connectivity index (χ3v) is 10.3. The molecule has 208 valence electrons. The van der Waals surface area contributed by atoms with Crippen LogP contribution in [0.5, 0.6) is 0 Å². The Morgan fingerprint density at radius 3 is 1.32 bits per heavy atom. The topological polar surface area (TPSA) is 90.8 Å². The average Bonchev–Trinajstić information content (AvgIpc) is 3.43. The van der Waals surface area contributed by atoms with Crippen LogP contribution in [0.1, 0.15) is 6.42 Å². The van der Waals surface area contributed by atoms with Crippen LogP contribution in [0.3, 0.4) is 0 Å². The minimum Gasteiger partial charge on any atom is -0.392 e. The van der Waals surface area contributed by atoms with Gasteiger partial charge in [0.25, 0.3) is 0 Å². The van der Waals surface area contributed by atoms with Crippen LogP contribution >= 0.6 is 0 Å². The highest BCUT2D eigenvalue weighted by Gasteiger charge is 2.54. The first kappa shape index (κ1) is 25.1. The van der Waals surface area contributed by atoms with Crippen molar-refractivity contribution in [2.45, 2.75) is 30.8 Å². The van der Waals surface area contributed by atoms with Gasteiger partial charge in [0.05, 0.1) is 24.4 Å². The summed E-state index contributed by atoms with van der Waals surface area (Å²) in [6.07, 6.45) is 1.42. The molecule has 0 saturated heterocycles. The molecule has 41 heavy (non-hydrogen) atoms. The third kappa shape index (κ3) is 3.39. The lowest BCUT2D eigenvalue weighted by Crippen LogP contribution is -2.61. The molecule has 0 amide bonds. The SMILES string of the molecule is Cn1/c(=C/C2C(O)C(CC3C(O)C(/C=c4\c5cccc6cccc(c65)n4C)C3O)C2O)c2cccc3cccc1c32. The quantitative estimate of drug-likeness (QED) is 0.274. The van der Waals surface area contributed by atoms with E-state index in [2.05, 4.69) is 57.7 Å². The second kappa shape index (κ2) is 8.91. The van der Waals surface area contributed by atoms with Crippen molar-refractivity contribution in [2.24, 2.45) is 37.8 Å². The third-order valence-electron chi connectivity index (χ3n) is 10.3. The Morgan fingerprint density at radius 2 is 0.927 bits per heavy atom. The number of nitrogens with zero attached hydrogens (tertiary/aromatic N) is 2. The Hall–Kier alpha value is -3.68. The molecule has 2 aromatic heterocycles. The molecule has 4 N–H and O–H groups in total. The molecule has 2 fully saturated rings. The monoisotopic (exact) mass is 546 g/mol. The van der Waals surface area contributed by atoms with E-state index in [1.807, 2.05) is 50.5 Å². The molecular formula is C35H34N2O4. The number of rotatable bonds is 4. The van der Waals surface area contributed by atoms with Crippen LogP contribution in [0.15, 0.2) is 72.8 Å². The minimum absolute atomic E-state index is 0.376. The van der Waals surface area contributed by atoms with Gasteiger partial charge in [0.1, 0.15) is 0 Å². The Bertz CT molecular complexity index is 1890. The highest BCUT2D eigenvalue weighted by atomic mass is 16.3. The molecule has 4 unspecified atom stereocenters. The summed E-state index contributed by atoms with van der Waals surface area (Å²) in [4.78, 5) is 0. The van der Waals surface area contributed by atoms with Crippen LogP contribution < -0.4 is 10.7 Å². The van der Waals surface area contributed by atoms with Crippen molar-refractivity contribution >= 4 is 55.5 Å². The molecule has 2 aliphatic carbocycles. The van der Waals surface area contributed by atoms with Crippen molar-refractivity contribution in [3.8, 4) is 0 Å². The minimum atomic E-state index is -0.737. The second-order valence-corrected chi connectivity index (χ2v) is 12.3. The smallest absolute Gasteiger partial charge is 0.0681 e. The predicted octanol–water partition coefficient (Wildman–Crippen LogP) is 3.00. The molecule has 6 nitrogen and oxygen atoms in total. The summed E-state index contributed by atoms with van der Waals surface area (Å²) in [5.74, 6) is -1.59. The first-order chi connectivity index (χ1) is 19.8. The van der Waals surface area contributed by atoms with Crippen LogP contribution in [-0.2, 0) is 14.1 Å². The van der Waals surface area contributed by atoms with Crippen LogP contribution in [0, 0.1) is 23.7 Å². The Balaban J connectivity index is 1.05. The second-order valence-electron chi connectivity index (χ2n) is 12.3. The molecule has 2 aliphatic rings. The summed E-state index contributed by atoms with van der Waals surface area (Å²) in [5.41, 5.74) is 2.25. The number of aromatic nitrogens is 2. The Kier molecular flexibility index (Phi) is 5.45. The fourth-order valence-electron chi connectivity index (χ4n) is 7.94. The molecule has 2 saturated carbocycles. The van der Waals surface area contributed by atoms with E-state index in [0.717, 1.165) is 32.5 Å². The lowest BCUT2D eigenvalue weighted by atomic mass is 9.59. The van der Waals surface area contributed by atoms with Gasteiger partial charge in [0.2, 0.25) is 0 Å². The summed E-state index contributed by atoms with van der Waals surface area (Å²) in [6.45, 7) is 0. The van der Waals surface area contributed by atoms with E-state index in [1.54, 1.807) is 0 Å². The lowest BCUT2D eigenvalue weighted by Gasteiger charge is -2.52. The van der Waals surface area contributed by atoms with Crippen LogP contribution in [0.2, 0.25) is 0 Å². The zero-order chi connectivity index (χ0) is 28.2. The van der Waals surface area contributed by atoms with Crippen LogP contribution in [-0.4, -0.2) is 54.0 Å². The van der Waals surface area contributed by atoms with Gasteiger partial charge >= 0.3 is 0 Å². The number of hydrogen-bond acceptors (Lipinski definition) is 4. The average molecular weight is 547 g/mol. The molecule has 6 aromatic rings. The summed E-state index contributed by atoms with van der Waals surface area (Å²) in [5, 5.41) is 53.5. The van der Waals surface area contributed by atoms with Crippen molar-refractivity contribution in [1.82, 2.24) is 9.13 Å². The standard InChI is InChI=1S/C35H34N2O4/c1-36-26-13-5-9-18-7-3-11-20(30(18)26)28(36)16-24-32(38)22(33(24)39)15-23-34(40)25(35(23)41)17-29-21-12-4-8-19-10-6-14-27(31(19)21)37(29)2/h3-14,16-17,22-25,32-35,38-41H,15H2,1-2H3/b28-16+,29-17+. The van der Waals surface area contributed by atoms with Gasteiger partial charge in [-0.25, -0.2) is 0 Å². The highest BCUT2D eigenvalue weighted by molar-refractivity contribution is 6.10. The molecule has 0 radical (unpaired) electrons. The molecule has 4 atom stereocenters. The zero-order valence-corrected chi connectivity index (χ0v) is 23.1. The van der Waals surface area contributed by atoms with Crippen LogP contribution in [0.25, 0.3) is 55.5 Å². The maximum absolute atomic E-state index is 11.1. The van der Waals surface area contributed by atoms with Crippen molar-refractivity contribution in [3.05, 3.63) is 83.5 Å². The maximum atomic E-state index is 11.1. The largest absolute Gasteiger partial charge is 0.392 e. The van der Waals surface area contributed by atoms with Gasteiger partial charge in [-0.15, -0.1) is 0 Å². The van der Waals surface area contributed by atoms with E-state index in [9.17, 15) is 20.4 Å². The van der Waals surface area contributed by atoms with Gasteiger partial charge in [-0.05, 0) is 29.3 Å². The van der Waals surface area contributed by atoms with E-state index in [0.29, 0.717) is 6.42 Å². The van der Waals surface area contributed by atoms with E-state index >= 15 is 0 Å². The number of aryl methyl sites for hydroxylation is 2. The van der Waals surface area contributed by atoms with Crippen molar-refractivity contribution in [2.75, 3.05) is 0 Å². The molecule has 8 rings (SSSR count). The number of aliphatic hydroxyl groups is 4. The Labute approximate surface area is 237 Å². The summed E-state index contributed by atoms with van der Waals surface area (Å²) in [7, 11) is 4.04. The zero-order valence-electron chi connectivity index (χ0n) is 23.1. The summed E-state index contributed by atoms with van der Waals surface area (Å²) >= 11 is 0. The number of hydrogen-bond donors (Lipinski definition) is 4.